The van der Waals surface area contributed by atoms with Crippen LogP contribution in [0.5, 0.6) is 0 Å². The van der Waals surface area contributed by atoms with E-state index in [0.29, 0.717) is 32.0 Å². The van der Waals surface area contributed by atoms with Crippen LogP contribution in [0.4, 0.5) is 11.5 Å². The lowest BCUT2D eigenvalue weighted by molar-refractivity contribution is 1.05. The minimum atomic E-state index is 0.391. The van der Waals surface area contributed by atoms with E-state index < -0.39 is 0 Å². The minimum Gasteiger partial charge on any atom is -0.340 e. The maximum absolute atomic E-state index is 9.78. The topological polar surface area (TPSA) is 53.1 Å². The molecule has 0 fully saturated rings. The Bertz CT molecular complexity index is 1290. The monoisotopic (exact) mass is 428 g/mol. The molecule has 28 heavy (non-hydrogen) atoms. The first-order valence-electron chi connectivity index (χ1n) is 8.70. The lowest BCUT2D eigenvalue weighted by Gasteiger charge is -2.19. The lowest BCUT2D eigenvalue weighted by Crippen LogP contribution is -2.08. The van der Waals surface area contributed by atoms with Crippen LogP contribution in [0.15, 0.2) is 36.4 Å². The second kappa shape index (κ2) is 7.18. The molecule has 2 aromatic heterocycles. The van der Waals surface area contributed by atoms with Crippen molar-refractivity contribution < 1.29 is 0 Å². The van der Waals surface area contributed by atoms with E-state index in [4.69, 9.17) is 39.8 Å². The highest BCUT2D eigenvalue weighted by molar-refractivity contribution is 6.44. The van der Waals surface area contributed by atoms with E-state index in [1.54, 1.807) is 12.1 Å². The van der Waals surface area contributed by atoms with Crippen LogP contribution < -0.4 is 5.32 Å². The molecule has 0 atom stereocenters. The van der Waals surface area contributed by atoms with Gasteiger partial charge in [0.25, 0.3) is 0 Å². The Morgan fingerprint density at radius 3 is 2.54 bits per heavy atom. The Labute approximate surface area is 177 Å². The second-order valence-corrected chi connectivity index (χ2v) is 7.64. The molecule has 0 spiro atoms. The quantitative estimate of drug-likeness (QED) is 0.359. The third-order valence-corrected chi connectivity index (χ3v) is 5.88. The lowest BCUT2D eigenvalue weighted by atomic mass is 10.0. The van der Waals surface area contributed by atoms with Gasteiger partial charge in [0.1, 0.15) is 11.9 Å². The van der Waals surface area contributed by atoms with Gasteiger partial charge >= 0.3 is 0 Å². The van der Waals surface area contributed by atoms with E-state index in [0.717, 1.165) is 34.4 Å². The van der Waals surface area contributed by atoms with Crippen LogP contribution in [-0.2, 0) is 6.42 Å². The first-order valence-corrected chi connectivity index (χ1v) is 9.84. The standard InChI is InChI=1S/C21H15Cl3N4/c1-3-12-11(2)13(10-25)21-26-17-6-4-5-7-19(17)28(21)20(12)27-18-9-15(23)14(22)8-16(18)24/h4-9,27H,3H2,1-2H3. The number of aromatic nitrogens is 2. The summed E-state index contributed by atoms with van der Waals surface area (Å²) in [5.41, 5.74) is 5.43. The summed E-state index contributed by atoms with van der Waals surface area (Å²) in [5, 5.41) is 14.4. The van der Waals surface area contributed by atoms with Crippen molar-refractivity contribution in [1.29, 1.82) is 5.26 Å². The first-order chi connectivity index (χ1) is 13.5. The van der Waals surface area contributed by atoms with E-state index in [-0.39, 0.29) is 0 Å². The molecular formula is C21H15Cl3N4. The van der Waals surface area contributed by atoms with Gasteiger partial charge in [-0.25, -0.2) is 4.98 Å². The van der Waals surface area contributed by atoms with Crippen molar-refractivity contribution in [2.24, 2.45) is 0 Å². The molecular weight excluding hydrogens is 415 g/mol. The molecule has 0 saturated carbocycles. The number of para-hydroxylation sites is 2. The zero-order chi connectivity index (χ0) is 20.0. The molecule has 0 bridgehead atoms. The maximum atomic E-state index is 9.78. The molecule has 0 aliphatic carbocycles. The summed E-state index contributed by atoms with van der Waals surface area (Å²) >= 11 is 18.7. The molecule has 4 rings (SSSR count). The molecule has 0 radical (unpaired) electrons. The third-order valence-electron chi connectivity index (χ3n) is 4.85. The molecule has 0 unspecified atom stereocenters. The van der Waals surface area contributed by atoms with E-state index in [1.165, 1.54) is 0 Å². The van der Waals surface area contributed by atoms with Crippen molar-refractivity contribution in [3.8, 4) is 6.07 Å². The van der Waals surface area contributed by atoms with Gasteiger partial charge in [-0.3, -0.25) is 4.40 Å². The van der Waals surface area contributed by atoms with Gasteiger partial charge in [-0.2, -0.15) is 5.26 Å². The summed E-state index contributed by atoms with van der Waals surface area (Å²) in [6.07, 6.45) is 0.726. The van der Waals surface area contributed by atoms with Crippen LogP contribution in [0.25, 0.3) is 16.7 Å². The van der Waals surface area contributed by atoms with Crippen LogP contribution >= 0.6 is 34.8 Å². The number of hydrogen-bond donors (Lipinski definition) is 1. The second-order valence-electron chi connectivity index (χ2n) is 6.42. The normalized spacial score (nSPS) is 11.1. The number of benzene rings is 2. The molecule has 4 aromatic rings. The van der Waals surface area contributed by atoms with E-state index in [1.807, 2.05) is 35.6 Å². The van der Waals surface area contributed by atoms with E-state index >= 15 is 0 Å². The van der Waals surface area contributed by atoms with Gasteiger partial charge in [-0.1, -0.05) is 53.9 Å². The first kappa shape index (κ1) is 18.9. The molecule has 0 saturated heterocycles. The summed E-state index contributed by atoms with van der Waals surface area (Å²) in [6.45, 7) is 3.99. The highest BCUT2D eigenvalue weighted by Crippen LogP contribution is 2.37. The Balaban J connectivity index is 2.10. The number of halogens is 3. The van der Waals surface area contributed by atoms with Crippen molar-refractivity contribution >= 4 is 63.0 Å². The maximum Gasteiger partial charge on any atom is 0.157 e. The number of anilines is 2. The van der Waals surface area contributed by atoms with Gasteiger partial charge in [0.15, 0.2) is 5.65 Å². The SMILES string of the molecule is CCc1c(C)c(C#N)c2nc3ccccc3n2c1Nc1cc(Cl)c(Cl)cc1Cl. The van der Waals surface area contributed by atoms with E-state index in [9.17, 15) is 5.26 Å². The number of pyridine rings is 1. The van der Waals surface area contributed by atoms with Gasteiger partial charge in [0.05, 0.1) is 37.4 Å². The Morgan fingerprint density at radius 2 is 1.82 bits per heavy atom. The summed E-state index contributed by atoms with van der Waals surface area (Å²) in [7, 11) is 0. The summed E-state index contributed by atoms with van der Waals surface area (Å²) < 4.78 is 1.97. The fraction of sp³-hybridized carbons (Fsp3) is 0.143. The summed E-state index contributed by atoms with van der Waals surface area (Å²) in [4.78, 5) is 4.70. The highest BCUT2D eigenvalue weighted by Gasteiger charge is 2.20. The Kier molecular flexibility index (Phi) is 4.84. The van der Waals surface area contributed by atoms with E-state index in [2.05, 4.69) is 18.3 Å². The van der Waals surface area contributed by atoms with Crippen molar-refractivity contribution in [2.75, 3.05) is 5.32 Å². The average Bonchev–Trinajstić information content (AvgIpc) is 3.05. The van der Waals surface area contributed by atoms with Gasteiger partial charge < -0.3 is 5.32 Å². The van der Waals surface area contributed by atoms with Gasteiger partial charge in [0, 0.05) is 0 Å². The molecule has 1 N–H and O–H groups in total. The average molecular weight is 430 g/mol. The van der Waals surface area contributed by atoms with Crippen LogP contribution in [0.2, 0.25) is 15.1 Å². The molecule has 0 amide bonds. The van der Waals surface area contributed by atoms with Crippen molar-refractivity contribution in [2.45, 2.75) is 20.3 Å². The van der Waals surface area contributed by atoms with Crippen LogP contribution in [-0.4, -0.2) is 9.38 Å². The number of nitrogens with one attached hydrogen (secondary N) is 1. The van der Waals surface area contributed by atoms with Crippen LogP contribution in [0, 0.1) is 18.3 Å². The number of nitriles is 1. The smallest absolute Gasteiger partial charge is 0.157 e. The largest absolute Gasteiger partial charge is 0.340 e. The van der Waals surface area contributed by atoms with Gasteiger partial charge in [-0.05, 0) is 48.7 Å². The summed E-state index contributed by atoms with van der Waals surface area (Å²) in [5.74, 6) is 0.808. The molecule has 2 aromatic carbocycles. The predicted molar refractivity (Wildman–Crippen MR) is 116 cm³/mol. The number of rotatable bonds is 3. The van der Waals surface area contributed by atoms with Gasteiger partial charge in [0.2, 0.25) is 0 Å². The van der Waals surface area contributed by atoms with Crippen molar-refractivity contribution in [1.82, 2.24) is 9.38 Å². The van der Waals surface area contributed by atoms with Crippen LogP contribution in [0.3, 0.4) is 0 Å². The molecule has 4 nitrogen and oxygen atoms in total. The Hall–Kier alpha value is -2.45. The minimum absolute atomic E-state index is 0.391. The van der Waals surface area contributed by atoms with Crippen molar-refractivity contribution in [3.05, 3.63) is 68.2 Å². The zero-order valence-corrected chi connectivity index (χ0v) is 17.4. The molecule has 0 aliphatic heterocycles. The predicted octanol–water partition coefficient (Wildman–Crippen LogP) is 6.93. The molecule has 140 valence electrons. The molecule has 2 heterocycles. The van der Waals surface area contributed by atoms with Crippen molar-refractivity contribution in [3.63, 3.8) is 0 Å². The summed E-state index contributed by atoms with van der Waals surface area (Å²) in [6, 6.07) is 13.4. The fourth-order valence-electron chi connectivity index (χ4n) is 3.49. The number of imidazole rings is 1. The number of fused-ring (bicyclic) bond motifs is 3. The van der Waals surface area contributed by atoms with Crippen LogP contribution in [0.1, 0.15) is 23.6 Å². The molecule has 7 heteroatoms. The number of nitrogens with zero attached hydrogens (tertiary/aromatic N) is 3. The zero-order valence-electron chi connectivity index (χ0n) is 15.1. The van der Waals surface area contributed by atoms with Gasteiger partial charge in [-0.15, -0.1) is 0 Å². The number of hydrogen-bond acceptors (Lipinski definition) is 3. The third kappa shape index (κ3) is 2.87. The molecule has 0 aliphatic rings. The highest BCUT2D eigenvalue weighted by atomic mass is 35.5. The fourth-order valence-corrected chi connectivity index (χ4v) is 4.09. The Morgan fingerprint density at radius 1 is 1.11 bits per heavy atom.